The van der Waals surface area contributed by atoms with Crippen LogP contribution in [0.1, 0.15) is 23.1 Å². The van der Waals surface area contributed by atoms with Crippen LogP contribution in [0.2, 0.25) is 0 Å². The fourth-order valence-electron chi connectivity index (χ4n) is 2.99. The van der Waals surface area contributed by atoms with Gasteiger partial charge in [-0.2, -0.15) is 10.1 Å². The zero-order valence-electron chi connectivity index (χ0n) is 15.6. The summed E-state index contributed by atoms with van der Waals surface area (Å²) in [5.74, 6) is 0.339. The van der Waals surface area contributed by atoms with E-state index in [9.17, 15) is 9.59 Å². The van der Waals surface area contributed by atoms with Crippen LogP contribution < -0.4 is 14.3 Å². The van der Waals surface area contributed by atoms with Crippen LogP contribution in [0.4, 0.5) is 0 Å². The molecule has 1 aliphatic rings. The second-order valence-electron chi connectivity index (χ2n) is 6.12. The largest absolute Gasteiger partial charge is 0.468 e. The van der Waals surface area contributed by atoms with Gasteiger partial charge in [-0.3, -0.25) is 14.3 Å². The van der Waals surface area contributed by atoms with Crippen molar-refractivity contribution in [2.24, 2.45) is 4.99 Å². The molecule has 2 aromatic heterocycles. The van der Waals surface area contributed by atoms with Crippen molar-refractivity contribution in [1.82, 2.24) is 14.3 Å². The molecule has 3 heterocycles. The van der Waals surface area contributed by atoms with Crippen molar-refractivity contribution in [1.29, 1.82) is 0 Å². The highest BCUT2D eigenvalue weighted by Gasteiger charge is 2.20. The molecule has 0 radical (unpaired) electrons. The zero-order chi connectivity index (χ0) is 19.8. The van der Waals surface area contributed by atoms with Crippen LogP contribution in [0, 0.1) is 6.92 Å². The molecule has 0 fully saturated rings. The molecule has 9 nitrogen and oxygen atoms in total. The highest BCUT2D eigenvalue weighted by atomic mass is 32.1. The van der Waals surface area contributed by atoms with Crippen LogP contribution in [0.5, 0.6) is 11.5 Å². The van der Waals surface area contributed by atoms with Crippen LogP contribution in [-0.2, 0) is 22.6 Å². The number of amides is 1. The number of ether oxygens (including phenoxy) is 3. The number of benzene rings is 1. The number of fused-ring (bicyclic) bond motifs is 2. The molecular formula is C18H18N4O5S. The number of aromatic nitrogens is 3. The average molecular weight is 402 g/mol. The normalized spacial score (nSPS) is 13.3. The van der Waals surface area contributed by atoms with Crippen molar-refractivity contribution in [2.45, 2.75) is 26.9 Å². The maximum Gasteiger partial charge on any atom is 0.325 e. The number of hydrogen-bond acceptors (Lipinski definition) is 7. The number of hydrogen-bond donors (Lipinski definition) is 0. The van der Waals surface area contributed by atoms with Crippen molar-refractivity contribution >= 4 is 33.4 Å². The van der Waals surface area contributed by atoms with Crippen molar-refractivity contribution in [3.05, 3.63) is 34.4 Å². The summed E-state index contributed by atoms with van der Waals surface area (Å²) in [6.45, 7) is 4.36. The van der Waals surface area contributed by atoms with Crippen molar-refractivity contribution < 1.29 is 23.8 Å². The Labute approximate surface area is 163 Å². The molecule has 0 atom stereocenters. The number of rotatable bonds is 4. The molecule has 146 valence electrons. The maximum atomic E-state index is 12.8. The van der Waals surface area contributed by atoms with E-state index in [2.05, 4.69) is 10.1 Å². The smallest absolute Gasteiger partial charge is 0.325 e. The van der Waals surface area contributed by atoms with E-state index in [1.807, 2.05) is 19.9 Å². The van der Waals surface area contributed by atoms with Crippen LogP contribution in [0.15, 0.2) is 23.2 Å². The lowest BCUT2D eigenvalue weighted by atomic mass is 10.3. The van der Waals surface area contributed by atoms with Gasteiger partial charge in [-0.05, 0) is 19.9 Å². The van der Waals surface area contributed by atoms with Crippen LogP contribution in [0.25, 0.3) is 10.2 Å². The fourth-order valence-corrected chi connectivity index (χ4v) is 4.03. The van der Waals surface area contributed by atoms with Gasteiger partial charge in [0.05, 0.1) is 23.0 Å². The lowest BCUT2D eigenvalue weighted by Gasteiger charge is -2.04. The van der Waals surface area contributed by atoms with Crippen molar-refractivity contribution in [2.75, 3.05) is 13.9 Å². The third-order valence-electron chi connectivity index (χ3n) is 4.31. The Morgan fingerprint density at radius 2 is 2.04 bits per heavy atom. The number of carbonyl (C=O) groups excluding carboxylic acids is 2. The lowest BCUT2D eigenvalue weighted by Crippen LogP contribution is -2.23. The number of aryl methyl sites for hydroxylation is 2. The predicted octanol–water partition coefficient (Wildman–Crippen LogP) is 1.87. The van der Waals surface area contributed by atoms with Gasteiger partial charge in [-0.15, -0.1) is 0 Å². The standard InChI is InChI=1S/C18H18N4O5S/c1-4-22-12(5-10(2)20-22)17(24)19-18-21(8-16(23)25-3)11-6-13-14(27-9-26-13)7-15(11)28-18/h5-7H,4,8-9H2,1-3H3. The molecule has 0 spiro atoms. The molecule has 4 rings (SSSR count). The third kappa shape index (κ3) is 3.15. The van der Waals surface area contributed by atoms with Gasteiger partial charge >= 0.3 is 5.97 Å². The molecule has 0 saturated carbocycles. The average Bonchev–Trinajstić information content (AvgIpc) is 3.37. The van der Waals surface area contributed by atoms with E-state index in [1.54, 1.807) is 21.4 Å². The quantitative estimate of drug-likeness (QED) is 0.618. The summed E-state index contributed by atoms with van der Waals surface area (Å²) in [7, 11) is 1.32. The highest BCUT2D eigenvalue weighted by molar-refractivity contribution is 7.16. The molecule has 28 heavy (non-hydrogen) atoms. The number of nitrogens with zero attached hydrogens (tertiary/aromatic N) is 4. The zero-order valence-corrected chi connectivity index (χ0v) is 16.4. The van der Waals surface area contributed by atoms with Gasteiger partial charge in [-0.25, -0.2) is 0 Å². The molecular weight excluding hydrogens is 384 g/mol. The van der Waals surface area contributed by atoms with Crippen LogP contribution in [0.3, 0.4) is 0 Å². The molecule has 1 aromatic carbocycles. The first kappa shape index (κ1) is 18.2. The van der Waals surface area contributed by atoms with E-state index in [0.29, 0.717) is 34.1 Å². The molecule has 0 saturated heterocycles. The second-order valence-corrected chi connectivity index (χ2v) is 7.13. The lowest BCUT2D eigenvalue weighted by molar-refractivity contribution is -0.141. The molecule has 0 bridgehead atoms. The first-order valence-electron chi connectivity index (χ1n) is 8.63. The molecule has 0 unspecified atom stereocenters. The minimum Gasteiger partial charge on any atom is -0.468 e. The Hall–Kier alpha value is -3.14. The SMILES string of the molecule is CCn1nc(C)cc1C(=O)N=c1sc2cc3c(cc2n1CC(=O)OC)OCO3. The Kier molecular flexibility index (Phi) is 4.63. The van der Waals surface area contributed by atoms with Gasteiger partial charge in [0.1, 0.15) is 12.2 Å². The number of methoxy groups -OCH3 is 1. The fraction of sp³-hybridized carbons (Fsp3) is 0.333. The number of esters is 1. The van der Waals surface area contributed by atoms with Crippen molar-refractivity contribution in [3.8, 4) is 11.5 Å². The van der Waals surface area contributed by atoms with Gasteiger partial charge in [0.2, 0.25) is 6.79 Å². The summed E-state index contributed by atoms with van der Waals surface area (Å²) in [5.41, 5.74) is 1.85. The van der Waals surface area contributed by atoms with Gasteiger partial charge in [0, 0.05) is 18.7 Å². The van der Waals surface area contributed by atoms with E-state index in [1.165, 1.54) is 18.4 Å². The summed E-state index contributed by atoms with van der Waals surface area (Å²) in [5, 5.41) is 4.29. The first-order chi connectivity index (χ1) is 13.5. The Morgan fingerprint density at radius 1 is 1.29 bits per heavy atom. The van der Waals surface area contributed by atoms with Crippen LogP contribution >= 0.6 is 11.3 Å². The summed E-state index contributed by atoms with van der Waals surface area (Å²) < 4.78 is 19.7. The topological polar surface area (TPSA) is 96.9 Å². The monoisotopic (exact) mass is 402 g/mol. The number of thiazole rings is 1. The van der Waals surface area contributed by atoms with Gasteiger partial charge in [-0.1, -0.05) is 11.3 Å². The minimum atomic E-state index is -0.444. The third-order valence-corrected chi connectivity index (χ3v) is 5.35. The Balaban J connectivity index is 1.87. The first-order valence-corrected chi connectivity index (χ1v) is 9.45. The Morgan fingerprint density at radius 3 is 2.75 bits per heavy atom. The van der Waals surface area contributed by atoms with E-state index >= 15 is 0 Å². The van der Waals surface area contributed by atoms with E-state index < -0.39 is 11.9 Å². The second kappa shape index (κ2) is 7.12. The molecule has 0 N–H and O–H groups in total. The molecule has 1 aliphatic heterocycles. The summed E-state index contributed by atoms with van der Waals surface area (Å²) in [4.78, 5) is 29.4. The summed E-state index contributed by atoms with van der Waals surface area (Å²) >= 11 is 1.29. The van der Waals surface area contributed by atoms with Crippen molar-refractivity contribution in [3.63, 3.8) is 0 Å². The molecule has 1 amide bonds. The minimum absolute atomic E-state index is 0.0751. The van der Waals surface area contributed by atoms with Gasteiger partial charge < -0.3 is 18.8 Å². The van der Waals surface area contributed by atoms with Gasteiger partial charge in [0.25, 0.3) is 5.91 Å². The summed E-state index contributed by atoms with van der Waals surface area (Å²) in [6, 6.07) is 5.30. The molecule has 10 heteroatoms. The predicted molar refractivity (Wildman–Crippen MR) is 100 cm³/mol. The molecule has 0 aliphatic carbocycles. The van der Waals surface area contributed by atoms with E-state index in [4.69, 9.17) is 14.2 Å². The van der Waals surface area contributed by atoms with Gasteiger partial charge in [0.15, 0.2) is 16.3 Å². The maximum absolute atomic E-state index is 12.8. The molecule has 3 aromatic rings. The summed E-state index contributed by atoms with van der Waals surface area (Å²) in [6.07, 6.45) is 0. The van der Waals surface area contributed by atoms with E-state index in [0.717, 1.165) is 10.4 Å². The highest BCUT2D eigenvalue weighted by Crippen LogP contribution is 2.37. The van der Waals surface area contributed by atoms with Crippen LogP contribution in [-0.4, -0.2) is 40.1 Å². The van der Waals surface area contributed by atoms with E-state index in [-0.39, 0.29) is 13.3 Å². The number of carbonyl (C=O) groups is 2. The Bertz CT molecular complexity index is 1160.